The summed E-state index contributed by atoms with van der Waals surface area (Å²) in [6, 6.07) is 3.78. The predicted molar refractivity (Wildman–Crippen MR) is 61.9 cm³/mol. The molecule has 88 valence electrons. The molecule has 2 rings (SSSR count). The second-order valence-electron chi connectivity index (χ2n) is 4.97. The summed E-state index contributed by atoms with van der Waals surface area (Å²) in [4.78, 5) is 0. The number of hydrogen-bond donors (Lipinski definition) is 1. The van der Waals surface area contributed by atoms with E-state index in [1.54, 1.807) is 13.8 Å². The molecule has 3 nitrogen and oxygen atoms in total. The fourth-order valence-electron chi connectivity index (χ4n) is 2.10. The fourth-order valence-corrected chi connectivity index (χ4v) is 2.10. The van der Waals surface area contributed by atoms with Gasteiger partial charge < -0.3 is 14.6 Å². The molecule has 0 aliphatic carbocycles. The summed E-state index contributed by atoms with van der Waals surface area (Å²) >= 11 is 0. The molecule has 1 N–H and O–H groups in total. The van der Waals surface area contributed by atoms with Gasteiger partial charge in [-0.25, -0.2) is 0 Å². The first-order chi connectivity index (χ1) is 7.41. The average Bonchev–Trinajstić information content (AvgIpc) is 2.61. The van der Waals surface area contributed by atoms with Crippen LogP contribution >= 0.6 is 0 Å². The fraction of sp³-hybridized carbons (Fsp3) is 0.538. The van der Waals surface area contributed by atoms with Crippen LogP contribution in [0.2, 0.25) is 0 Å². The van der Waals surface area contributed by atoms with Crippen molar-refractivity contribution in [3.05, 3.63) is 23.3 Å². The van der Waals surface area contributed by atoms with Crippen LogP contribution in [0.3, 0.4) is 0 Å². The summed E-state index contributed by atoms with van der Waals surface area (Å²) < 4.78 is 10.8. The van der Waals surface area contributed by atoms with Crippen LogP contribution in [-0.2, 0) is 5.60 Å². The molecule has 0 amide bonds. The van der Waals surface area contributed by atoms with Crippen LogP contribution in [0, 0.1) is 0 Å². The first-order valence-electron chi connectivity index (χ1n) is 5.56. The molecular weight excluding hydrogens is 204 g/mol. The molecule has 0 spiro atoms. The van der Waals surface area contributed by atoms with Crippen LogP contribution in [0.5, 0.6) is 11.5 Å². The largest absolute Gasteiger partial charge is 0.454 e. The topological polar surface area (TPSA) is 38.7 Å². The molecule has 1 aliphatic heterocycles. The minimum Gasteiger partial charge on any atom is -0.454 e. The zero-order chi connectivity index (χ0) is 11.9. The lowest BCUT2D eigenvalue weighted by atomic mass is 9.87. The molecule has 1 heterocycles. The normalized spacial score (nSPS) is 14.6. The SMILES string of the molecule is CC(C)c1c(C(C)(C)O)ccc2c1OCO2. The Morgan fingerprint density at radius 2 is 1.94 bits per heavy atom. The van der Waals surface area contributed by atoms with Crippen LogP contribution in [0.4, 0.5) is 0 Å². The molecule has 1 aliphatic rings. The molecule has 0 bridgehead atoms. The zero-order valence-corrected chi connectivity index (χ0v) is 10.2. The minimum absolute atomic E-state index is 0.268. The Balaban J connectivity index is 2.63. The molecule has 0 unspecified atom stereocenters. The maximum atomic E-state index is 10.2. The molecule has 16 heavy (non-hydrogen) atoms. The van der Waals surface area contributed by atoms with E-state index in [9.17, 15) is 5.11 Å². The van der Waals surface area contributed by atoms with Crippen LogP contribution in [0.15, 0.2) is 12.1 Å². The van der Waals surface area contributed by atoms with Gasteiger partial charge in [0, 0.05) is 5.56 Å². The molecule has 3 heteroatoms. The Hall–Kier alpha value is -1.22. The van der Waals surface area contributed by atoms with Crippen molar-refractivity contribution in [3.63, 3.8) is 0 Å². The van der Waals surface area contributed by atoms with Crippen molar-refractivity contribution in [2.45, 2.75) is 39.2 Å². The summed E-state index contributed by atoms with van der Waals surface area (Å²) in [6.07, 6.45) is 0. The van der Waals surface area contributed by atoms with Gasteiger partial charge in [0.05, 0.1) is 5.60 Å². The van der Waals surface area contributed by atoms with Crippen molar-refractivity contribution >= 4 is 0 Å². The van der Waals surface area contributed by atoms with Crippen molar-refractivity contribution in [1.82, 2.24) is 0 Å². The number of aliphatic hydroxyl groups is 1. The van der Waals surface area contributed by atoms with Crippen LogP contribution in [0.1, 0.15) is 44.7 Å². The monoisotopic (exact) mass is 222 g/mol. The van der Waals surface area contributed by atoms with Gasteiger partial charge in [-0.1, -0.05) is 19.9 Å². The van der Waals surface area contributed by atoms with E-state index in [0.29, 0.717) is 0 Å². The quantitative estimate of drug-likeness (QED) is 0.836. The Kier molecular flexibility index (Phi) is 2.58. The molecule has 0 saturated heterocycles. The van der Waals surface area contributed by atoms with Crippen LogP contribution in [0.25, 0.3) is 0 Å². The standard InChI is InChI=1S/C13H18O3/c1-8(2)11-9(13(3,4)14)5-6-10-12(11)16-7-15-10/h5-6,8,14H,7H2,1-4H3. The van der Waals surface area contributed by atoms with E-state index in [1.165, 1.54) is 0 Å². The molecule has 0 aromatic heterocycles. The maximum absolute atomic E-state index is 10.2. The molecule has 0 radical (unpaired) electrons. The average molecular weight is 222 g/mol. The van der Waals surface area contributed by atoms with Crippen molar-refractivity contribution < 1.29 is 14.6 Å². The molecule has 1 aromatic carbocycles. The highest BCUT2D eigenvalue weighted by Crippen LogP contribution is 2.43. The minimum atomic E-state index is -0.861. The van der Waals surface area contributed by atoms with Crippen LogP contribution < -0.4 is 9.47 Å². The van der Waals surface area contributed by atoms with Gasteiger partial charge in [0.1, 0.15) is 0 Å². The molecule has 0 atom stereocenters. The van der Waals surface area contributed by atoms with Crippen LogP contribution in [-0.4, -0.2) is 11.9 Å². The van der Waals surface area contributed by atoms with Gasteiger partial charge in [-0.15, -0.1) is 0 Å². The summed E-state index contributed by atoms with van der Waals surface area (Å²) in [5.41, 5.74) is 1.09. The van der Waals surface area contributed by atoms with Crippen molar-refractivity contribution in [2.24, 2.45) is 0 Å². The van der Waals surface area contributed by atoms with E-state index in [1.807, 2.05) is 12.1 Å². The van der Waals surface area contributed by atoms with Gasteiger partial charge in [0.15, 0.2) is 11.5 Å². The van der Waals surface area contributed by atoms with Crippen molar-refractivity contribution in [2.75, 3.05) is 6.79 Å². The third-order valence-corrected chi connectivity index (χ3v) is 2.81. The van der Waals surface area contributed by atoms with E-state index in [4.69, 9.17) is 9.47 Å². The lowest BCUT2D eigenvalue weighted by Gasteiger charge is -2.24. The lowest BCUT2D eigenvalue weighted by molar-refractivity contribution is 0.0769. The van der Waals surface area contributed by atoms with Crippen molar-refractivity contribution in [1.29, 1.82) is 0 Å². The number of rotatable bonds is 2. The van der Waals surface area contributed by atoms with E-state index < -0.39 is 5.60 Å². The Morgan fingerprint density at radius 1 is 1.25 bits per heavy atom. The van der Waals surface area contributed by atoms with E-state index >= 15 is 0 Å². The van der Waals surface area contributed by atoms with Gasteiger partial charge in [-0.2, -0.15) is 0 Å². The zero-order valence-electron chi connectivity index (χ0n) is 10.2. The van der Waals surface area contributed by atoms with Gasteiger partial charge in [0.2, 0.25) is 6.79 Å². The smallest absolute Gasteiger partial charge is 0.231 e. The number of ether oxygens (including phenoxy) is 2. The molecule has 0 saturated carbocycles. The summed E-state index contributed by atoms with van der Waals surface area (Å²) in [6.45, 7) is 8.02. The highest BCUT2D eigenvalue weighted by Gasteiger charge is 2.28. The molecule has 1 aromatic rings. The van der Waals surface area contributed by atoms with E-state index in [2.05, 4.69) is 13.8 Å². The number of benzene rings is 1. The van der Waals surface area contributed by atoms with E-state index in [-0.39, 0.29) is 12.7 Å². The van der Waals surface area contributed by atoms with E-state index in [0.717, 1.165) is 22.6 Å². The number of fused-ring (bicyclic) bond motifs is 1. The number of hydrogen-bond acceptors (Lipinski definition) is 3. The van der Waals surface area contributed by atoms with Gasteiger partial charge in [-0.05, 0) is 31.4 Å². The first kappa shape index (κ1) is 11.3. The summed E-state index contributed by atoms with van der Waals surface area (Å²) in [5, 5.41) is 10.2. The second-order valence-corrected chi connectivity index (χ2v) is 4.97. The summed E-state index contributed by atoms with van der Waals surface area (Å²) in [7, 11) is 0. The van der Waals surface area contributed by atoms with Gasteiger partial charge in [-0.3, -0.25) is 0 Å². The highest BCUT2D eigenvalue weighted by atomic mass is 16.7. The Bertz CT molecular complexity index is 402. The maximum Gasteiger partial charge on any atom is 0.231 e. The third-order valence-electron chi connectivity index (χ3n) is 2.81. The molecular formula is C13H18O3. The van der Waals surface area contributed by atoms with Gasteiger partial charge in [0.25, 0.3) is 0 Å². The third kappa shape index (κ3) is 1.76. The van der Waals surface area contributed by atoms with Crippen molar-refractivity contribution in [3.8, 4) is 11.5 Å². The summed E-state index contributed by atoms with van der Waals surface area (Å²) in [5.74, 6) is 1.85. The Labute approximate surface area is 96.0 Å². The van der Waals surface area contributed by atoms with Gasteiger partial charge >= 0.3 is 0 Å². The Morgan fingerprint density at radius 3 is 2.50 bits per heavy atom. The molecule has 0 fully saturated rings. The highest BCUT2D eigenvalue weighted by molar-refractivity contribution is 5.54. The first-order valence-corrected chi connectivity index (χ1v) is 5.56. The predicted octanol–water partition coefficient (Wildman–Crippen LogP) is 2.77. The lowest BCUT2D eigenvalue weighted by Crippen LogP contribution is -2.18. The second kappa shape index (κ2) is 3.67.